The van der Waals surface area contributed by atoms with Crippen LogP contribution in [0.4, 0.5) is 4.79 Å². The van der Waals surface area contributed by atoms with E-state index in [0.717, 1.165) is 0 Å². The molecule has 0 spiro atoms. The number of hydrogen-bond acceptors (Lipinski definition) is 6. The molecule has 8 nitrogen and oxygen atoms in total. The van der Waals surface area contributed by atoms with Crippen molar-refractivity contribution in [2.45, 2.75) is 58.6 Å². The van der Waals surface area contributed by atoms with E-state index in [0.29, 0.717) is 45.6 Å². The topological polar surface area (TPSA) is 102 Å². The summed E-state index contributed by atoms with van der Waals surface area (Å²) in [6.07, 6.45) is 0.826. The molecule has 2 N–H and O–H groups in total. The highest BCUT2D eigenvalue weighted by atomic mass is 16.6. The van der Waals surface area contributed by atoms with Crippen LogP contribution in [0.5, 0.6) is 0 Å². The van der Waals surface area contributed by atoms with Crippen LogP contribution in [-0.2, 0) is 19.1 Å². The number of nitrogens with zero attached hydrogens (tertiary/aromatic N) is 2. The summed E-state index contributed by atoms with van der Waals surface area (Å²) < 4.78 is 10.2. The van der Waals surface area contributed by atoms with Gasteiger partial charge in [-0.25, -0.2) is 4.79 Å². The van der Waals surface area contributed by atoms with E-state index in [4.69, 9.17) is 15.2 Å². The predicted molar refractivity (Wildman–Crippen MR) is 92.8 cm³/mol. The third-order valence-electron chi connectivity index (χ3n) is 3.75. The van der Waals surface area contributed by atoms with Gasteiger partial charge >= 0.3 is 12.1 Å². The SMILES string of the molecule is CCOC(=O)N1CCN(C(=O)[C@@H](N)CCCC(=O)OC(C)(C)C)CC1. The van der Waals surface area contributed by atoms with Crippen LogP contribution in [0.1, 0.15) is 47.0 Å². The average molecular weight is 357 g/mol. The molecule has 0 saturated carbocycles. The number of carbonyl (C=O) groups is 3. The van der Waals surface area contributed by atoms with Gasteiger partial charge in [0, 0.05) is 32.6 Å². The van der Waals surface area contributed by atoms with Gasteiger partial charge in [-0.3, -0.25) is 9.59 Å². The van der Waals surface area contributed by atoms with E-state index in [9.17, 15) is 14.4 Å². The van der Waals surface area contributed by atoms with E-state index in [1.807, 2.05) is 20.8 Å². The fraction of sp³-hybridized carbons (Fsp3) is 0.824. The summed E-state index contributed by atoms with van der Waals surface area (Å²) in [7, 11) is 0. The Morgan fingerprint density at radius 2 is 1.64 bits per heavy atom. The fourth-order valence-electron chi connectivity index (χ4n) is 2.54. The van der Waals surface area contributed by atoms with E-state index in [-0.39, 0.29) is 24.4 Å². The van der Waals surface area contributed by atoms with Gasteiger partial charge in [0.05, 0.1) is 12.6 Å². The van der Waals surface area contributed by atoms with Crippen LogP contribution in [0.25, 0.3) is 0 Å². The van der Waals surface area contributed by atoms with E-state index < -0.39 is 11.6 Å². The standard InChI is InChI=1S/C17H31N3O5/c1-5-24-16(23)20-11-9-19(10-12-20)15(22)13(18)7-6-8-14(21)25-17(2,3)4/h13H,5-12,18H2,1-4H3/t13-/m0/s1. The largest absolute Gasteiger partial charge is 0.460 e. The van der Waals surface area contributed by atoms with Crippen LogP contribution < -0.4 is 5.73 Å². The summed E-state index contributed by atoms with van der Waals surface area (Å²) >= 11 is 0. The molecule has 1 saturated heterocycles. The molecule has 0 radical (unpaired) electrons. The maximum Gasteiger partial charge on any atom is 0.409 e. The average Bonchev–Trinajstić information content (AvgIpc) is 2.52. The van der Waals surface area contributed by atoms with E-state index in [1.165, 1.54) is 0 Å². The Bertz CT molecular complexity index is 467. The highest BCUT2D eigenvalue weighted by molar-refractivity contribution is 5.82. The lowest BCUT2D eigenvalue weighted by Crippen LogP contribution is -2.54. The molecule has 1 aliphatic rings. The molecule has 0 aromatic heterocycles. The van der Waals surface area contributed by atoms with Crippen LogP contribution in [0, 0.1) is 0 Å². The molecule has 25 heavy (non-hydrogen) atoms. The van der Waals surface area contributed by atoms with Crippen LogP contribution >= 0.6 is 0 Å². The summed E-state index contributed by atoms with van der Waals surface area (Å²) in [4.78, 5) is 38.9. The molecule has 1 atom stereocenters. The first-order valence-electron chi connectivity index (χ1n) is 8.82. The molecule has 144 valence electrons. The molecule has 0 aromatic carbocycles. The van der Waals surface area contributed by atoms with Crippen molar-refractivity contribution in [3.63, 3.8) is 0 Å². The van der Waals surface area contributed by atoms with Crippen LogP contribution in [-0.4, -0.2) is 72.2 Å². The number of nitrogens with two attached hydrogens (primary N) is 1. The van der Waals surface area contributed by atoms with Crippen molar-refractivity contribution in [1.82, 2.24) is 9.80 Å². The zero-order valence-electron chi connectivity index (χ0n) is 15.7. The van der Waals surface area contributed by atoms with Gasteiger partial charge in [-0.2, -0.15) is 0 Å². The minimum Gasteiger partial charge on any atom is -0.460 e. The summed E-state index contributed by atoms with van der Waals surface area (Å²) in [5.74, 6) is -0.428. The van der Waals surface area contributed by atoms with Gasteiger partial charge in [0.25, 0.3) is 0 Å². The molecule has 0 aliphatic carbocycles. The van der Waals surface area contributed by atoms with Gasteiger partial charge in [0.1, 0.15) is 5.60 Å². The lowest BCUT2D eigenvalue weighted by molar-refractivity contribution is -0.155. The summed E-state index contributed by atoms with van der Waals surface area (Å²) in [5, 5.41) is 0. The van der Waals surface area contributed by atoms with E-state index in [2.05, 4.69) is 0 Å². The van der Waals surface area contributed by atoms with Gasteiger partial charge in [0.2, 0.25) is 5.91 Å². The number of esters is 1. The molecule has 1 rings (SSSR count). The minimum absolute atomic E-state index is 0.146. The highest BCUT2D eigenvalue weighted by Crippen LogP contribution is 2.12. The van der Waals surface area contributed by atoms with Crippen LogP contribution in [0.2, 0.25) is 0 Å². The third kappa shape index (κ3) is 7.72. The normalized spacial score (nSPS) is 16.4. The van der Waals surface area contributed by atoms with Gasteiger partial charge in [0.15, 0.2) is 0 Å². The van der Waals surface area contributed by atoms with Crippen molar-refractivity contribution >= 4 is 18.0 Å². The van der Waals surface area contributed by atoms with Gasteiger partial charge < -0.3 is 25.0 Å². The van der Waals surface area contributed by atoms with Crippen molar-refractivity contribution in [1.29, 1.82) is 0 Å². The Labute approximate surface area is 149 Å². The van der Waals surface area contributed by atoms with Gasteiger partial charge in [-0.1, -0.05) is 0 Å². The van der Waals surface area contributed by atoms with Crippen molar-refractivity contribution < 1.29 is 23.9 Å². The molecule has 1 fully saturated rings. The predicted octanol–water partition coefficient (Wildman–Crippen LogP) is 1.13. The van der Waals surface area contributed by atoms with Gasteiger partial charge in [-0.05, 0) is 40.5 Å². The lowest BCUT2D eigenvalue weighted by atomic mass is 10.1. The Balaban J connectivity index is 2.31. The number of rotatable bonds is 6. The van der Waals surface area contributed by atoms with Crippen LogP contribution in [0.3, 0.4) is 0 Å². The first-order valence-corrected chi connectivity index (χ1v) is 8.82. The Kier molecular flexibility index (Phi) is 8.15. The second kappa shape index (κ2) is 9.60. The molecule has 0 aromatic rings. The molecule has 1 aliphatic heterocycles. The van der Waals surface area contributed by atoms with Crippen LogP contribution in [0.15, 0.2) is 0 Å². The zero-order valence-corrected chi connectivity index (χ0v) is 15.7. The Morgan fingerprint density at radius 1 is 1.08 bits per heavy atom. The zero-order chi connectivity index (χ0) is 19.0. The number of hydrogen-bond donors (Lipinski definition) is 1. The monoisotopic (exact) mass is 357 g/mol. The lowest BCUT2D eigenvalue weighted by Gasteiger charge is -2.35. The highest BCUT2D eigenvalue weighted by Gasteiger charge is 2.27. The molecule has 2 amide bonds. The van der Waals surface area contributed by atoms with Crippen molar-refractivity contribution in [2.24, 2.45) is 5.73 Å². The number of ether oxygens (including phenoxy) is 2. The van der Waals surface area contributed by atoms with E-state index in [1.54, 1.807) is 16.7 Å². The van der Waals surface area contributed by atoms with Crippen molar-refractivity contribution in [3.05, 3.63) is 0 Å². The smallest absolute Gasteiger partial charge is 0.409 e. The second-order valence-electron chi connectivity index (χ2n) is 7.10. The summed E-state index contributed by atoms with van der Waals surface area (Å²) in [5.41, 5.74) is 5.45. The molecule has 8 heteroatoms. The third-order valence-corrected chi connectivity index (χ3v) is 3.75. The quantitative estimate of drug-likeness (QED) is 0.715. The first-order chi connectivity index (χ1) is 11.6. The van der Waals surface area contributed by atoms with Crippen molar-refractivity contribution in [2.75, 3.05) is 32.8 Å². The maximum absolute atomic E-state index is 12.4. The van der Waals surface area contributed by atoms with Crippen molar-refractivity contribution in [3.8, 4) is 0 Å². The maximum atomic E-state index is 12.4. The Hall–Kier alpha value is -1.83. The fourth-order valence-corrected chi connectivity index (χ4v) is 2.54. The first kappa shape index (κ1) is 21.2. The number of amides is 2. The summed E-state index contributed by atoms with van der Waals surface area (Å²) in [6, 6.07) is -0.642. The molecule has 0 unspecified atom stereocenters. The molecule has 0 bridgehead atoms. The van der Waals surface area contributed by atoms with Gasteiger partial charge in [-0.15, -0.1) is 0 Å². The Morgan fingerprint density at radius 3 is 2.16 bits per heavy atom. The summed E-state index contributed by atoms with van der Waals surface area (Å²) in [6.45, 7) is 9.30. The minimum atomic E-state index is -0.642. The second-order valence-corrected chi connectivity index (χ2v) is 7.10. The number of piperazine rings is 1. The van der Waals surface area contributed by atoms with E-state index >= 15 is 0 Å². The molecule has 1 heterocycles. The molecular formula is C17H31N3O5. The molecular weight excluding hydrogens is 326 g/mol. The number of carbonyl (C=O) groups excluding carboxylic acids is 3.